The highest BCUT2D eigenvalue weighted by molar-refractivity contribution is 14.1. The van der Waals surface area contributed by atoms with Crippen LogP contribution in [0.4, 0.5) is 0 Å². The molecule has 4 rings (SSSR count). The number of phenolic OH excluding ortho intramolecular Hbond substituents is 1. The maximum absolute atomic E-state index is 11.5. The Balaban J connectivity index is 0.000000343. The largest absolute Gasteiger partial charge is 0.548 e. The van der Waals surface area contributed by atoms with Crippen LogP contribution in [0.1, 0.15) is 55.6 Å². The molecule has 0 saturated heterocycles. The second-order valence-corrected chi connectivity index (χ2v) is 16.7. The Kier molecular flexibility index (Phi) is 20.0. The Bertz CT molecular complexity index is 1690. The van der Waals surface area contributed by atoms with E-state index in [1.807, 2.05) is 18.9 Å². The van der Waals surface area contributed by atoms with Crippen molar-refractivity contribution in [2.75, 3.05) is 6.54 Å². The van der Waals surface area contributed by atoms with E-state index in [0.29, 0.717) is 42.0 Å². The highest BCUT2D eigenvalue weighted by Crippen LogP contribution is 2.35. The van der Waals surface area contributed by atoms with Crippen LogP contribution in [0.5, 0.6) is 28.7 Å². The molecule has 0 aliphatic rings. The van der Waals surface area contributed by atoms with Crippen LogP contribution >= 0.6 is 90.4 Å². The SMILES string of the molecule is C=O.CC(C)CCN[C@@H](Cc1cc(I)c(Oc2ccc(O)cc2)c(I)c1)C(=O)[O-].CC(C)Cc1cc(I)c(Oc2ccc(C(=O)[O-])cc2)c(I)c1. The van der Waals surface area contributed by atoms with Gasteiger partial charge in [-0.25, -0.2) is 0 Å². The molecule has 2 N–H and O–H groups in total. The van der Waals surface area contributed by atoms with Gasteiger partial charge in [-0.1, -0.05) is 27.7 Å². The van der Waals surface area contributed by atoms with Crippen molar-refractivity contribution >= 4 is 109 Å². The molecule has 0 heterocycles. The van der Waals surface area contributed by atoms with E-state index in [1.165, 1.54) is 17.7 Å². The first kappa shape index (κ1) is 44.9. The lowest BCUT2D eigenvalue weighted by Gasteiger charge is -2.21. The number of hydrogen-bond donors (Lipinski definition) is 2. The second-order valence-electron chi connectivity index (χ2n) is 12.1. The molecule has 0 radical (unpaired) electrons. The topological polar surface area (TPSA) is 148 Å². The maximum Gasteiger partial charge on any atom is 0.154 e. The second kappa shape index (κ2) is 22.8. The number of ether oxygens (including phenoxy) is 2. The number of rotatable bonds is 14. The fourth-order valence-electron chi connectivity index (χ4n) is 4.56. The van der Waals surface area contributed by atoms with Gasteiger partial charge in [0.1, 0.15) is 24.0 Å². The van der Waals surface area contributed by atoms with Gasteiger partial charge in [0.25, 0.3) is 0 Å². The maximum atomic E-state index is 11.5. The fraction of sp³-hybridized carbons (Fsp3) is 0.289. The number of benzene rings is 4. The summed E-state index contributed by atoms with van der Waals surface area (Å²) < 4.78 is 15.7. The van der Waals surface area contributed by atoms with Crippen molar-refractivity contribution in [1.82, 2.24) is 5.32 Å². The van der Waals surface area contributed by atoms with Crippen molar-refractivity contribution in [1.29, 1.82) is 0 Å². The van der Waals surface area contributed by atoms with E-state index in [-0.39, 0.29) is 11.3 Å². The molecule has 0 fully saturated rings. The molecule has 51 heavy (non-hydrogen) atoms. The number of nitrogens with one attached hydrogen (secondary N) is 1. The summed E-state index contributed by atoms with van der Waals surface area (Å²) in [6.45, 7) is 11.2. The molecule has 9 nitrogen and oxygen atoms in total. The number of aromatic hydroxyl groups is 1. The van der Waals surface area contributed by atoms with Gasteiger partial charge in [-0.15, -0.1) is 0 Å². The van der Waals surface area contributed by atoms with Gasteiger partial charge >= 0.3 is 0 Å². The number of aromatic carboxylic acids is 1. The molecule has 0 bridgehead atoms. The summed E-state index contributed by atoms with van der Waals surface area (Å²) in [6, 6.07) is 20.2. The van der Waals surface area contributed by atoms with Crippen LogP contribution in [0, 0.1) is 26.1 Å². The van der Waals surface area contributed by atoms with Crippen molar-refractivity contribution < 1.29 is 39.2 Å². The molecule has 0 aromatic heterocycles. The van der Waals surface area contributed by atoms with E-state index in [2.05, 4.69) is 136 Å². The summed E-state index contributed by atoms with van der Waals surface area (Å²) >= 11 is 8.91. The lowest BCUT2D eigenvalue weighted by Crippen LogP contribution is -2.47. The van der Waals surface area contributed by atoms with Crippen LogP contribution in [0.25, 0.3) is 0 Å². The smallest absolute Gasteiger partial charge is 0.154 e. The third kappa shape index (κ3) is 15.7. The first-order chi connectivity index (χ1) is 24.1. The van der Waals surface area contributed by atoms with E-state index in [0.717, 1.165) is 38.4 Å². The number of carbonyl (C=O) groups excluding carboxylic acids is 3. The monoisotopic (exact) mass is 1140 g/mol. The van der Waals surface area contributed by atoms with Crippen LogP contribution in [-0.2, 0) is 22.4 Å². The summed E-state index contributed by atoms with van der Waals surface area (Å²) in [5, 5.41) is 34.7. The minimum atomic E-state index is -1.19. The first-order valence-corrected chi connectivity index (χ1v) is 20.1. The van der Waals surface area contributed by atoms with Crippen molar-refractivity contribution in [3.63, 3.8) is 0 Å². The van der Waals surface area contributed by atoms with E-state index >= 15 is 0 Å². The van der Waals surface area contributed by atoms with Gasteiger partial charge in [-0.2, -0.15) is 0 Å². The minimum Gasteiger partial charge on any atom is -0.548 e. The van der Waals surface area contributed by atoms with Crippen LogP contribution in [0.3, 0.4) is 0 Å². The summed E-state index contributed by atoms with van der Waals surface area (Å²) in [5.74, 6) is 1.77. The molecule has 0 aliphatic heterocycles. The predicted molar refractivity (Wildman–Crippen MR) is 228 cm³/mol. The number of carbonyl (C=O) groups is 3. The Morgan fingerprint density at radius 1 is 0.706 bits per heavy atom. The Labute approximate surface area is 353 Å². The molecule has 0 aliphatic carbocycles. The molecular weight excluding hydrogens is 1110 g/mol. The molecule has 274 valence electrons. The average Bonchev–Trinajstić information content (AvgIpc) is 3.06. The van der Waals surface area contributed by atoms with Gasteiger partial charge < -0.3 is 44.5 Å². The molecule has 0 unspecified atom stereocenters. The first-order valence-electron chi connectivity index (χ1n) is 15.8. The number of carboxylic acids is 2. The molecule has 4 aromatic carbocycles. The van der Waals surface area contributed by atoms with Crippen molar-refractivity contribution in [2.24, 2.45) is 11.8 Å². The molecule has 0 saturated carbocycles. The van der Waals surface area contributed by atoms with Gasteiger partial charge in [0.05, 0.1) is 32.3 Å². The Morgan fingerprint density at radius 3 is 1.49 bits per heavy atom. The number of phenols is 1. The molecule has 1 atom stereocenters. The third-order valence-corrected chi connectivity index (χ3v) is 10.2. The molecule has 0 amide bonds. The lowest BCUT2D eigenvalue weighted by molar-refractivity contribution is -0.308. The van der Waals surface area contributed by atoms with Crippen LogP contribution < -0.4 is 25.0 Å². The minimum absolute atomic E-state index is 0.143. The number of aliphatic carboxylic acids is 1. The van der Waals surface area contributed by atoms with E-state index in [9.17, 15) is 24.9 Å². The van der Waals surface area contributed by atoms with Crippen molar-refractivity contribution in [3.8, 4) is 28.7 Å². The van der Waals surface area contributed by atoms with Gasteiger partial charge in [-0.3, -0.25) is 0 Å². The Morgan fingerprint density at radius 2 is 1.12 bits per heavy atom. The molecule has 4 aromatic rings. The number of hydrogen-bond acceptors (Lipinski definition) is 9. The van der Waals surface area contributed by atoms with Crippen LogP contribution in [0.15, 0.2) is 72.8 Å². The quantitative estimate of drug-likeness (QED) is 0.121. The van der Waals surface area contributed by atoms with E-state index in [4.69, 9.17) is 14.3 Å². The van der Waals surface area contributed by atoms with Gasteiger partial charge in [0, 0.05) is 0 Å². The van der Waals surface area contributed by atoms with Crippen LogP contribution in [-0.4, -0.2) is 36.4 Å². The van der Waals surface area contributed by atoms with Crippen molar-refractivity contribution in [3.05, 3.63) is 104 Å². The molecular formula is C38H39I4NO8-2. The summed E-state index contributed by atoms with van der Waals surface area (Å²) in [5.41, 5.74) is 2.35. The Hall–Kier alpha value is -2.23. The standard InChI is InChI=1S/C20H23I2NO4.C17H16I2O3.CH2O/c1-12(2)7-8-23-18(20(25)26)11-13-9-16(21)19(17(22)10-13)27-15-5-3-14(24)4-6-15;1-10(2)7-11-8-14(18)16(15(19)9-11)22-13-5-3-12(4-6-13)17(20)21;1-2/h3-6,9-10,12,18,23-24H,7-8,11H2,1-2H3,(H,25,26);3-6,8-10H,7H2,1-2H3,(H,20,21);1H2/p-2/t18-;;/m0../s1. The molecule has 13 heteroatoms. The highest BCUT2D eigenvalue weighted by atomic mass is 127. The van der Waals surface area contributed by atoms with Crippen molar-refractivity contribution in [2.45, 2.75) is 53.0 Å². The van der Waals surface area contributed by atoms with Gasteiger partial charge in [-0.05, 0) is 217 Å². The third-order valence-electron chi connectivity index (χ3n) is 6.96. The summed E-state index contributed by atoms with van der Waals surface area (Å²) in [7, 11) is 0. The number of carboxylic acid groups (broad SMARTS) is 2. The lowest BCUT2D eigenvalue weighted by atomic mass is 10.0. The summed E-state index contributed by atoms with van der Waals surface area (Å²) in [4.78, 5) is 30.2. The fourth-order valence-corrected chi connectivity index (χ4v) is 8.79. The summed E-state index contributed by atoms with van der Waals surface area (Å²) in [6.07, 6.45) is 2.30. The average molecular weight is 1150 g/mol. The van der Waals surface area contributed by atoms with E-state index < -0.39 is 18.0 Å². The van der Waals surface area contributed by atoms with Crippen LogP contribution in [0.2, 0.25) is 0 Å². The van der Waals surface area contributed by atoms with Gasteiger partial charge in [0.2, 0.25) is 0 Å². The highest BCUT2D eigenvalue weighted by Gasteiger charge is 2.16. The molecule has 0 spiro atoms. The number of halogens is 4. The zero-order valence-corrected chi connectivity index (χ0v) is 37.1. The normalized spacial score (nSPS) is 11.2. The van der Waals surface area contributed by atoms with E-state index in [1.54, 1.807) is 36.4 Å². The van der Waals surface area contributed by atoms with Gasteiger partial charge in [0.15, 0.2) is 11.5 Å². The zero-order chi connectivity index (χ0) is 38.2. The zero-order valence-electron chi connectivity index (χ0n) is 28.5. The predicted octanol–water partition coefficient (Wildman–Crippen LogP) is 7.76.